The second-order valence-corrected chi connectivity index (χ2v) is 5.65. The number of aliphatic hydroxyl groups is 1. The third-order valence-electron chi connectivity index (χ3n) is 3.54. The van der Waals surface area contributed by atoms with Gasteiger partial charge in [-0.1, -0.05) is 27.7 Å². The lowest BCUT2D eigenvalue weighted by atomic mass is 9.67. The molecule has 15 heavy (non-hydrogen) atoms. The average Bonchev–Trinajstić information content (AvgIpc) is 2.12. The van der Waals surface area contributed by atoms with Crippen LogP contribution in [0, 0.1) is 22.7 Å². The monoisotopic (exact) mass is 211 g/mol. The Balaban J connectivity index is 0.000000583. The lowest BCUT2D eigenvalue weighted by Gasteiger charge is -2.42. The van der Waals surface area contributed by atoms with E-state index in [1.165, 1.54) is 19.8 Å². The Bertz CT molecular complexity index is 215. The molecule has 1 aliphatic carbocycles. The summed E-state index contributed by atoms with van der Waals surface area (Å²) in [5, 5.41) is 17.5. The van der Waals surface area contributed by atoms with Gasteiger partial charge in [-0.05, 0) is 37.0 Å². The van der Waals surface area contributed by atoms with Crippen LogP contribution >= 0.6 is 0 Å². The molecular formula is C13H25NO. The third kappa shape index (κ3) is 4.66. The van der Waals surface area contributed by atoms with E-state index in [9.17, 15) is 5.11 Å². The predicted octanol–water partition coefficient (Wildman–Crippen LogP) is 3.50. The molecule has 0 aromatic rings. The Morgan fingerprint density at radius 2 is 1.47 bits per heavy atom. The minimum absolute atomic E-state index is 0.366. The second-order valence-electron chi connectivity index (χ2n) is 5.65. The van der Waals surface area contributed by atoms with Crippen molar-refractivity contribution in [2.24, 2.45) is 11.3 Å². The van der Waals surface area contributed by atoms with Crippen LogP contribution < -0.4 is 0 Å². The minimum Gasteiger partial charge on any atom is -0.390 e. The van der Waals surface area contributed by atoms with Gasteiger partial charge in [0, 0.05) is 6.92 Å². The van der Waals surface area contributed by atoms with Gasteiger partial charge >= 0.3 is 0 Å². The molecule has 0 amide bonds. The molecule has 0 aromatic heterocycles. The molecule has 0 unspecified atom stereocenters. The Kier molecular flexibility index (Phi) is 5.31. The summed E-state index contributed by atoms with van der Waals surface area (Å²) in [5.74, 6) is 0.411. The first-order valence-electron chi connectivity index (χ1n) is 5.80. The molecule has 1 N–H and O–H groups in total. The van der Waals surface area contributed by atoms with Crippen molar-refractivity contribution in [1.82, 2.24) is 0 Å². The smallest absolute Gasteiger partial charge is 0.0671 e. The summed E-state index contributed by atoms with van der Waals surface area (Å²) in [6, 6.07) is 1.75. The topological polar surface area (TPSA) is 44.0 Å². The molecule has 0 saturated heterocycles. The summed E-state index contributed by atoms with van der Waals surface area (Å²) in [6.07, 6.45) is 4.30. The van der Waals surface area contributed by atoms with Crippen molar-refractivity contribution >= 4 is 0 Å². The van der Waals surface area contributed by atoms with Crippen molar-refractivity contribution in [1.29, 1.82) is 5.26 Å². The molecule has 0 bridgehead atoms. The predicted molar refractivity (Wildman–Crippen MR) is 63.3 cm³/mol. The van der Waals surface area contributed by atoms with Gasteiger partial charge in [-0.3, -0.25) is 0 Å². The molecule has 1 fully saturated rings. The van der Waals surface area contributed by atoms with Crippen LogP contribution in [0.1, 0.15) is 60.3 Å². The molecular weight excluding hydrogens is 186 g/mol. The molecule has 0 atom stereocenters. The van der Waals surface area contributed by atoms with E-state index >= 15 is 0 Å². The number of nitriles is 1. The maximum Gasteiger partial charge on any atom is 0.0671 e. The van der Waals surface area contributed by atoms with Crippen molar-refractivity contribution in [3.05, 3.63) is 0 Å². The zero-order valence-corrected chi connectivity index (χ0v) is 10.8. The standard InChI is InChI=1S/C11H22O.C2H3N/c1-9(2)11(12)7-5-10(3,4)6-8-11;1-2-3/h9,12H,5-8H2,1-4H3;1H3. The van der Waals surface area contributed by atoms with Gasteiger partial charge < -0.3 is 5.11 Å². The molecule has 1 aliphatic rings. The average molecular weight is 211 g/mol. The van der Waals surface area contributed by atoms with Crippen LogP contribution in [-0.4, -0.2) is 10.7 Å². The molecule has 2 heteroatoms. The van der Waals surface area contributed by atoms with E-state index in [2.05, 4.69) is 27.7 Å². The van der Waals surface area contributed by atoms with Gasteiger partial charge in [0.1, 0.15) is 0 Å². The highest BCUT2D eigenvalue weighted by molar-refractivity contribution is 4.90. The van der Waals surface area contributed by atoms with Gasteiger partial charge in [0.05, 0.1) is 11.7 Å². The van der Waals surface area contributed by atoms with E-state index in [-0.39, 0.29) is 5.60 Å². The lowest BCUT2D eigenvalue weighted by Crippen LogP contribution is -2.41. The Morgan fingerprint density at radius 3 is 1.73 bits per heavy atom. The Hall–Kier alpha value is -0.550. The number of nitrogens with zero attached hydrogens (tertiary/aromatic N) is 1. The molecule has 1 saturated carbocycles. The van der Waals surface area contributed by atoms with E-state index in [1.54, 1.807) is 6.07 Å². The van der Waals surface area contributed by atoms with Crippen molar-refractivity contribution in [2.45, 2.75) is 65.9 Å². The first-order chi connectivity index (χ1) is 6.77. The van der Waals surface area contributed by atoms with Crippen molar-refractivity contribution in [3.8, 4) is 6.07 Å². The summed E-state index contributed by atoms with van der Waals surface area (Å²) in [4.78, 5) is 0. The minimum atomic E-state index is -0.366. The fourth-order valence-corrected chi connectivity index (χ4v) is 1.94. The van der Waals surface area contributed by atoms with E-state index in [0.717, 1.165) is 12.8 Å². The van der Waals surface area contributed by atoms with Gasteiger partial charge in [0.15, 0.2) is 0 Å². The quantitative estimate of drug-likeness (QED) is 0.721. The molecule has 88 valence electrons. The van der Waals surface area contributed by atoms with Crippen LogP contribution in [0.4, 0.5) is 0 Å². The van der Waals surface area contributed by atoms with Crippen LogP contribution in [0.3, 0.4) is 0 Å². The van der Waals surface area contributed by atoms with Crippen molar-refractivity contribution in [2.75, 3.05) is 0 Å². The molecule has 2 nitrogen and oxygen atoms in total. The first-order valence-corrected chi connectivity index (χ1v) is 5.80. The van der Waals surface area contributed by atoms with E-state index in [4.69, 9.17) is 5.26 Å². The van der Waals surface area contributed by atoms with Gasteiger partial charge in [-0.25, -0.2) is 0 Å². The van der Waals surface area contributed by atoms with Gasteiger partial charge in [-0.2, -0.15) is 5.26 Å². The third-order valence-corrected chi connectivity index (χ3v) is 3.54. The zero-order valence-electron chi connectivity index (χ0n) is 10.8. The SMILES string of the molecule is CC#N.CC(C)C1(O)CCC(C)(C)CC1. The highest BCUT2D eigenvalue weighted by atomic mass is 16.3. The summed E-state index contributed by atoms with van der Waals surface area (Å²) < 4.78 is 0. The van der Waals surface area contributed by atoms with Crippen LogP contribution in [0.15, 0.2) is 0 Å². The van der Waals surface area contributed by atoms with Crippen LogP contribution in [0.25, 0.3) is 0 Å². The van der Waals surface area contributed by atoms with Crippen LogP contribution in [0.5, 0.6) is 0 Å². The molecule has 0 aliphatic heterocycles. The molecule has 0 spiro atoms. The van der Waals surface area contributed by atoms with Gasteiger partial charge in [-0.15, -0.1) is 0 Å². The maximum atomic E-state index is 10.2. The van der Waals surface area contributed by atoms with Crippen LogP contribution in [-0.2, 0) is 0 Å². The second kappa shape index (κ2) is 5.51. The summed E-state index contributed by atoms with van der Waals surface area (Å²) in [7, 11) is 0. The van der Waals surface area contributed by atoms with E-state index < -0.39 is 0 Å². The highest BCUT2D eigenvalue weighted by Crippen LogP contribution is 2.43. The highest BCUT2D eigenvalue weighted by Gasteiger charge is 2.38. The van der Waals surface area contributed by atoms with Gasteiger partial charge in [0.2, 0.25) is 0 Å². The van der Waals surface area contributed by atoms with Gasteiger partial charge in [0.25, 0.3) is 0 Å². The Morgan fingerprint density at radius 1 is 1.13 bits per heavy atom. The molecule has 0 aromatic carbocycles. The normalized spacial score (nSPS) is 22.5. The fourth-order valence-electron chi connectivity index (χ4n) is 1.94. The lowest BCUT2D eigenvalue weighted by molar-refractivity contribution is -0.0608. The zero-order chi connectivity index (χ0) is 12.1. The number of rotatable bonds is 1. The van der Waals surface area contributed by atoms with Crippen molar-refractivity contribution in [3.63, 3.8) is 0 Å². The summed E-state index contributed by atoms with van der Waals surface area (Å²) in [6.45, 7) is 10.3. The fraction of sp³-hybridized carbons (Fsp3) is 0.923. The van der Waals surface area contributed by atoms with Crippen LogP contribution in [0.2, 0.25) is 0 Å². The van der Waals surface area contributed by atoms with E-state index in [0.29, 0.717) is 11.3 Å². The first kappa shape index (κ1) is 14.5. The number of hydrogen-bond donors (Lipinski definition) is 1. The maximum absolute atomic E-state index is 10.2. The summed E-state index contributed by atoms with van der Waals surface area (Å²) >= 11 is 0. The largest absolute Gasteiger partial charge is 0.390 e. The Labute approximate surface area is 94.3 Å². The summed E-state index contributed by atoms with van der Waals surface area (Å²) in [5.41, 5.74) is 0.0939. The molecule has 1 rings (SSSR count). The van der Waals surface area contributed by atoms with Crippen molar-refractivity contribution < 1.29 is 5.11 Å². The molecule has 0 radical (unpaired) electrons. The van der Waals surface area contributed by atoms with E-state index in [1.807, 2.05) is 0 Å². The molecule has 0 heterocycles. The number of hydrogen-bond acceptors (Lipinski definition) is 2.